The lowest BCUT2D eigenvalue weighted by atomic mass is 10.1. The molecule has 1 aliphatic rings. The number of nitrogens with one attached hydrogen (secondary N) is 1. The van der Waals surface area contributed by atoms with Crippen LogP contribution in [0.2, 0.25) is 0 Å². The van der Waals surface area contributed by atoms with Gasteiger partial charge in [0.25, 0.3) is 0 Å². The minimum Gasteiger partial charge on any atom is -0.381 e. The van der Waals surface area contributed by atoms with Gasteiger partial charge < -0.3 is 5.32 Å². The standard InChI is InChI=1S/C13H13F3N2O2S/c14-13(15,16)12-6-10(4-3-9(12)7-17)18-11-2-1-5-21(19,20)8-11/h3-4,6,11,18H,1-2,5,8H2. The number of benzene rings is 1. The first-order chi connectivity index (χ1) is 9.71. The van der Waals surface area contributed by atoms with Crippen LogP contribution in [0.3, 0.4) is 0 Å². The molecule has 0 aromatic heterocycles. The van der Waals surface area contributed by atoms with Crippen molar-refractivity contribution >= 4 is 15.5 Å². The average Bonchev–Trinajstić information content (AvgIpc) is 2.36. The van der Waals surface area contributed by atoms with E-state index in [9.17, 15) is 21.6 Å². The number of hydrogen-bond acceptors (Lipinski definition) is 4. The van der Waals surface area contributed by atoms with Crippen molar-refractivity contribution in [1.82, 2.24) is 0 Å². The Balaban J connectivity index is 2.24. The summed E-state index contributed by atoms with van der Waals surface area (Å²) in [5.74, 6) is 0.0285. The van der Waals surface area contributed by atoms with Crippen LogP contribution in [0.5, 0.6) is 0 Å². The van der Waals surface area contributed by atoms with Gasteiger partial charge >= 0.3 is 6.18 Å². The Morgan fingerprint density at radius 3 is 2.62 bits per heavy atom. The van der Waals surface area contributed by atoms with Crippen molar-refractivity contribution in [2.75, 3.05) is 16.8 Å². The zero-order chi connectivity index (χ0) is 15.7. The van der Waals surface area contributed by atoms with E-state index in [1.54, 1.807) is 0 Å². The summed E-state index contributed by atoms with van der Waals surface area (Å²) < 4.78 is 61.6. The van der Waals surface area contributed by atoms with Crippen molar-refractivity contribution in [2.24, 2.45) is 0 Å². The van der Waals surface area contributed by atoms with E-state index >= 15 is 0 Å². The van der Waals surface area contributed by atoms with Crippen molar-refractivity contribution in [1.29, 1.82) is 5.26 Å². The summed E-state index contributed by atoms with van der Waals surface area (Å²) in [6, 6.07) is 4.39. The van der Waals surface area contributed by atoms with Gasteiger partial charge in [-0.05, 0) is 31.0 Å². The number of nitriles is 1. The van der Waals surface area contributed by atoms with E-state index in [-0.39, 0.29) is 17.2 Å². The van der Waals surface area contributed by atoms with E-state index in [0.717, 1.165) is 12.1 Å². The van der Waals surface area contributed by atoms with E-state index in [2.05, 4.69) is 5.32 Å². The molecule has 1 unspecified atom stereocenters. The number of sulfone groups is 1. The Morgan fingerprint density at radius 1 is 1.33 bits per heavy atom. The third-order valence-corrected chi connectivity index (χ3v) is 5.10. The zero-order valence-electron chi connectivity index (χ0n) is 10.9. The first-order valence-electron chi connectivity index (χ1n) is 6.29. The molecule has 1 N–H and O–H groups in total. The van der Waals surface area contributed by atoms with Crippen LogP contribution in [-0.2, 0) is 16.0 Å². The fraction of sp³-hybridized carbons (Fsp3) is 0.462. The van der Waals surface area contributed by atoms with Crippen molar-refractivity contribution in [3.8, 4) is 6.07 Å². The van der Waals surface area contributed by atoms with Gasteiger partial charge in [-0.25, -0.2) is 8.42 Å². The molecule has 1 heterocycles. The van der Waals surface area contributed by atoms with Crippen LogP contribution in [0.4, 0.5) is 18.9 Å². The molecule has 1 saturated heterocycles. The highest BCUT2D eigenvalue weighted by Crippen LogP contribution is 2.34. The van der Waals surface area contributed by atoms with E-state index in [1.807, 2.05) is 0 Å². The molecule has 2 rings (SSSR count). The second-order valence-electron chi connectivity index (χ2n) is 4.97. The first-order valence-corrected chi connectivity index (χ1v) is 8.12. The third kappa shape index (κ3) is 3.88. The molecule has 0 saturated carbocycles. The van der Waals surface area contributed by atoms with Crippen LogP contribution >= 0.6 is 0 Å². The van der Waals surface area contributed by atoms with Gasteiger partial charge in [-0.2, -0.15) is 18.4 Å². The number of halogens is 3. The van der Waals surface area contributed by atoms with Crippen molar-refractivity contribution in [3.63, 3.8) is 0 Å². The van der Waals surface area contributed by atoms with Gasteiger partial charge in [0.15, 0.2) is 9.84 Å². The highest BCUT2D eigenvalue weighted by atomic mass is 32.2. The largest absolute Gasteiger partial charge is 0.417 e. The van der Waals surface area contributed by atoms with Crippen LogP contribution in [-0.4, -0.2) is 26.0 Å². The number of rotatable bonds is 2. The monoisotopic (exact) mass is 318 g/mol. The second-order valence-corrected chi connectivity index (χ2v) is 7.20. The van der Waals surface area contributed by atoms with Gasteiger partial charge in [0.05, 0.1) is 28.7 Å². The van der Waals surface area contributed by atoms with Gasteiger partial charge in [-0.3, -0.25) is 0 Å². The van der Waals surface area contributed by atoms with Gasteiger partial charge in [-0.1, -0.05) is 0 Å². The lowest BCUT2D eigenvalue weighted by Crippen LogP contribution is -2.34. The van der Waals surface area contributed by atoms with E-state index in [1.165, 1.54) is 12.1 Å². The summed E-state index contributed by atoms with van der Waals surface area (Å²) in [4.78, 5) is 0. The maximum absolute atomic E-state index is 12.8. The zero-order valence-corrected chi connectivity index (χ0v) is 11.8. The summed E-state index contributed by atoms with van der Waals surface area (Å²) in [6.07, 6.45) is -3.55. The molecule has 0 radical (unpaired) electrons. The highest BCUT2D eigenvalue weighted by molar-refractivity contribution is 7.91. The average molecular weight is 318 g/mol. The molecule has 21 heavy (non-hydrogen) atoms. The molecule has 1 aromatic carbocycles. The smallest absolute Gasteiger partial charge is 0.381 e. The number of alkyl halides is 3. The summed E-state index contributed by atoms with van der Waals surface area (Å²) in [5, 5.41) is 11.5. The van der Waals surface area contributed by atoms with Gasteiger partial charge in [0.2, 0.25) is 0 Å². The minimum absolute atomic E-state index is 0.0889. The first kappa shape index (κ1) is 15.6. The predicted molar refractivity (Wildman–Crippen MR) is 71.5 cm³/mol. The van der Waals surface area contributed by atoms with Crippen LogP contribution in [0, 0.1) is 11.3 Å². The van der Waals surface area contributed by atoms with Crippen LogP contribution < -0.4 is 5.32 Å². The Bertz CT molecular complexity index is 678. The fourth-order valence-electron chi connectivity index (χ4n) is 2.34. The normalized spacial score (nSPS) is 21.5. The van der Waals surface area contributed by atoms with Gasteiger partial charge in [0, 0.05) is 11.7 Å². The maximum Gasteiger partial charge on any atom is 0.417 e. The Hall–Kier alpha value is -1.75. The molecule has 1 fully saturated rings. The Kier molecular flexibility index (Phi) is 4.14. The molecule has 114 valence electrons. The molecule has 1 atom stereocenters. The second kappa shape index (κ2) is 5.56. The fourth-order valence-corrected chi connectivity index (χ4v) is 3.97. The third-order valence-electron chi connectivity index (χ3n) is 3.28. The van der Waals surface area contributed by atoms with Gasteiger partial charge in [0.1, 0.15) is 0 Å². The van der Waals surface area contributed by atoms with Crippen LogP contribution in [0.15, 0.2) is 18.2 Å². The Morgan fingerprint density at radius 2 is 2.05 bits per heavy atom. The quantitative estimate of drug-likeness (QED) is 0.910. The van der Waals surface area contributed by atoms with Crippen molar-refractivity contribution in [3.05, 3.63) is 29.3 Å². The molecule has 4 nitrogen and oxygen atoms in total. The lowest BCUT2D eigenvalue weighted by molar-refractivity contribution is -0.137. The summed E-state index contributed by atoms with van der Waals surface area (Å²) in [7, 11) is -3.14. The molecule has 1 aromatic rings. The molecule has 8 heteroatoms. The summed E-state index contributed by atoms with van der Waals surface area (Å²) in [6.45, 7) is 0. The van der Waals surface area contributed by atoms with Crippen molar-refractivity contribution in [2.45, 2.75) is 25.1 Å². The topological polar surface area (TPSA) is 70.0 Å². The van der Waals surface area contributed by atoms with E-state index in [4.69, 9.17) is 5.26 Å². The summed E-state index contributed by atoms with van der Waals surface area (Å²) >= 11 is 0. The molecular weight excluding hydrogens is 305 g/mol. The minimum atomic E-state index is -4.62. The van der Waals surface area contributed by atoms with Crippen LogP contribution in [0.1, 0.15) is 24.0 Å². The molecule has 0 bridgehead atoms. The molecule has 0 spiro atoms. The van der Waals surface area contributed by atoms with Crippen LogP contribution in [0.25, 0.3) is 0 Å². The molecule has 1 aliphatic heterocycles. The maximum atomic E-state index is 12.8. The number of nitrogens with zero attached hydrogens (tertiary/aromatic N) is 1. The van der Waals surface area contributed by atoms with E-state index < -0.39 is 33.2 Å². The summed E-state index contributed by atoms with van der Waals surface area (Å²) in [5.41, 5.74) is -1.30. The number of hydrogen-bond donors (Lipinski definition) is 1. The van der Waals surface area contributed by atoms with Crippen molar-refractivity contribution < 1.29 is 21.6 Å². The predicted octanol–water partition coefficient (Wildman–Crippen LogP) is 2.57. The van der Waals surface area contributed by atoms with E-state index in [0.29, 0.717) is 12.8 Å². The molecule has 0 aliphatic carbocycles. The number of anilines is 1. The van der Waals surface area contributed by atoms with Gasteiger partial charge in [-0.15, -0.1) is 0 Å². The molecular formula is C13H13F3N2O2S. The molecule has 0 amide bonds. The highest BCUT2D eigenvalue weighted by Gasteiger charge is 2.34. The lowest BCUT2D eigenvalue weighted by Gasteiger charge is -2.24. The SMILES string of the molecule is N#Cc1ccc(NC2CCCS(=O)(=O)C2)cc1C(F)(F)F. The Labute approximate surface area is 120 Å².